The van der Waals surface area contributed by atoms with Gasteiger partial charge in [0.2, 0.25) is 5.91 Å². The largest absolute Gasteiger partial charge is 0.364 e. The van der Waals surface area contributed by atoms with Crippen molar-refractivity contribution < 1.29 is 9.59 Å². The van der Waals surface area contributed by atoms with Crippen molar-refractivity contribution in [3.05, 3.63) is 39.1 Å². The highest BCUT2D eigenvalue weighted by molar-refractivity contribution is 7.09. The number of aryl methyl sites for hydroxylation is 2. The summed E-state index contributed by atoms with van der Waals surface area (Å²) in [5, 5.41) is 0. The van der Waals surface area contributed by atoms with Crippen molar-refractivity contribution >= 4 is 23.2 Å². The van der Waals surface area contributed by atoms with E-state index in [1.54, 1.807) is 11.3 Å². The number of thiazole rings is 1. The molecule has 2 amide bonds. The van der Waals surface area contributed by atoms with E-state index in [-0.39, 0.29) is 5.91 Å². The number of nitrogens with two attached hydrogens (primary N) is 1. The Hall–Kier alpha value is -2.15. The van der Waals surface area contributed by atoms with Gasteiger partial charge in [0.05, 0.1) is 17.7 Å². The fourth-order valence-electron chi connectivity index (χ4n) is 3.04. The number of aromatic nitrogens is 2. The van der Waals surface area contributed by atoms with Gasteiger partial charge < -0.3 is 15.2 Å². The summed E-state index contributed by atoms with van der Waals surface area (Å²) in [5.74, 6) is -0.286. The van der Waals surface area contributed by atoms with Crippen LogP contribution in [0, 0.1) is 6.92 Å². The molecule has 2 aromatic rings. The minimum atomic E-state index is -0.430. The van der Waals surface area contributed by atoms with E-state index in [0.29, 0.717) is 25.2 Å². The maximum Gasteiger partial charge on any atom is 0.265 e. The van der Waals surface area contributed by atoms with E-state index in [4.69, 9.17) is 5.73 Å². The summed E-state index contributed by atoms with van der Waals surface area (Å²) in [6.07, 6.45) is 1.99. The first-order valence-electron chi connectivity index (χ1n) is 7.61. The summed E-state index contributed by atoms with van der Waals surface area (Å²) < 4.78 is 1.81. The summed E-state index contributed by atoms with van der Waals surface area (Å²) in [4.78, 5) is 31.2. The van der Waals surface area contributed by atoms with E-state index in [9.17, 15) is 9.59 Å². The molecule has 1 aliphatic rings. The van der Waals surface area contributed by atoms with Crippen molar-refractivity contribution in [2.24, 2.45) is 12.8 Å². The Balaban J connectivity index is 1.68. The highest BCUT2D eigenvalue weighted by Gasteiger charge is 2.25. The molecule has 0 unspecified atom stereocenters. The van der Waals surface area contributed by atoms with Crippen LogP contribution >= 0.6 is 11.3 Å². The van der Waals surface area contributed by atoms with Crippen molar-refractivity contribution in [3.8, 4) is 0 Å². The molecule has 0 bridgehead atoms. The van der Waals surface area contributed by atoms with Crippen LogP contribution in [0.25, 0.3) is 0 Å². The number of carbonyl (C=O) groups excluding carboxylic acids is 2. The molecule has 2 N–H and O–H groups in total. The molecule has 23 heavy (non-hydrogen) atoms. The average Bonchev–Trinajstić information content (AvgIpc) is 3.08. The number of rotatable bonds is 4. The Morgan fingerprint density at radius 2 is 2.22 bits per heavy atom. The zero-order valence-electron chi connectivity index (χ0n) is 13.3. The first kappa shape index (κ1) is 15.7. The summed E-state index contributed by atoms with van der Waals surface area (Å²) in [6.45, 7) is 3.20. The van der Waals surface area contributed by atoms with Crippen molar-refractivity contribution in [1.29, 1.82) is 0 Å². The van der Waals surface area contributed by atoms with Gasteiger partial charge >= 0.3 is 0 Å². The predicted molar refractivity (Wildman–Crippen MR) is 88.2 cm³/mol. The second kappa shape index (κ2) is 6.16. The molecular formula is C16H20N4O2S. The standard InChI is InChI=1S/C16H20N4O2S/c1-10-14(23-9-18-10)3-4-15(21)20-6-5-11-7-12(16(17)22)19(2)13(11)8-20/h7,9H,3-6,8H2,1-2H3,(H2,17,22). The van der Waals surface area contributed by atoms with Gasteiger partial charge in [0, 0.05) is 30.6 Å². The predicted octanol–water partition coefficient (Wildman–Crippen LogP) is 1.41. The van der Waals surface area contributed by atoms with Crippen molar-refractivity contribution in [3.63, 3.8) is 0 Å². The molecule has 0 fully saturated rings. The minimum absolute atomic E-state index is 0.144. The van der Waals surface area contributed by atoms with Crippen LogP contribution in [0.4, 0.5) is 0 Å². The molecule has 0 aromatic carbocycles. The zero-order valence-corrected chi connectivity index (χ0v) is 14.2. The molecule has 122 valence electrons. The molecular weight excluding hydrogens is 312 g/mol. The molecule has 1 aliphatic heterocycles. The molecule has 3 rings (SSSR count). The second-order valence-corrected chi connectivity index (χ2v) is 6.79. The van der Waals surface area contributed by atoms with Crippen molar-refractivity contribution in [2.75, 3.05) is 6.54 Å². The third-order valence-corrected chi connectivity index (χ3v) is 5.45. The number of hydrogen-bond acceptors (Lipinski definition) is 4. The summed E-state index contributed by atoms with van der Waals surface area (Å²) in [5.41, 5.74) is 10.8. The van der Waals surface area contributed by atoms with Gasteiger partial charge in [-0.15, -0.1) is 11.3 Å². The van der Waals surface area contributed by atoms with E-state index >= 15 is 0 Å². The minimum Gasteiger partial charge on any atom is -0.364 e. The molecule has 0 saturated carbocycles. The lowest BCUT2D eigenvalue weighted by Crippen LogP contribution is -2.36. The zero-order chi connectivity index (χ0) is 16.6. The molecule has 7 heteroatoms. The Bertz CT molecular complexity index is 762. The fourth-order valence-corrected chi connectivity index (χ4v) is 3.82. The first-order chi connectivity index (χ1) is 11.0. The van der Waals surface area contributed by atoms with Gasteiger partial charge in [-0.3, -0.25) is 9.59 Å². The summed E-state index contributed by atoms with van der Waals surface area (Å²) in [7, 11) is 1.83. The van der Waals surface area contributed by atoms with Gasteiger partial charge in [-0.2, -0.15) is 0 Å². The Labute approximate surface area is 138 Å². The van der Waals surface area contributed by atoms with E-state index in [0.717, 1.165) is 29.8 Å². The first-order valence-corrected chi connectivity index (χ1v) is 8.49. The van der Waals surface area contributed by atoms with E-state index in [1.807, 2.05) is 35.0 Å². The van der Waals surface area contributed by atoms with Gasteiger partial charge in [0.15, 0.2) is 0 Å². The maximum atomic E-state index is 12.5. The fraction of sp³-hybridized carbons (Fsp3) is 0.438. The van der Waals surface area contributed by atoms with Crippen LogP contribution in [0.15, 0.2) is 11.6 Å². The lowest BCUT2D eigenvalue weighted by atomic mass is 10.1. The molecule has 0 spiro atoms. The van der Waals surface area contributed by atoms with E-state index < -0.39 is 5.91 Å². The highest BCUT2D eigenvalue weighted by atomic mass is 32.1. The molecule has 3 heterocycles. The number of nitrogens with zero attached hydrogens (tertiary/aromatic N) is 3. The van der Waals surface area contributed by atoms with Crippen LogP contribution < -0.4 is 5.73 Å². The maximum absolute atomic E-state index is 12.5. The third kappa shape index (κ3) is 3.01. The monoisotopic (exact) mass is 332 g/mol. The number of hydrogen-bond donors (Lipinski definition) is 1. The van der Waals surface area contributed by atoms with Crippen LogP contribution in [-0.2, 0) is 31.2 Å². The molecule has 2 aromatic heterocycles. The lowest BCUT2D eigenvalue weighted by Gasteiger charge is -2.28. The molecule has 6 nitrogen and oxygen atoms in total. The normalized spacial score (nSPS) is 13.9. The van der Waals surface area contributed by atoms with Gasteiger partial charge in [-0.25, -0.2) is 4.98 Å². The number of carbonyl (C=O) groups is 2. The van der Waals surface area contributed by atoms with Crippen LogP contribution in [0.3, 0.4) is 0 Å². The Morgan fingerprint density at radius 3 is 2.87 bits per heavy atom. The summed E-state index contributed by atoms with van der Waals surface area (Å²) >= 11 is 1.60. The van der Waals surface area contributed by atoms with E-state index in [1.165, 1.54) is 4.88 Å². The molecule has 0 saturated heterocycles. The molecule has 0 aliphatic carbocycles. The van der Waals surface area contributed by atoms with Crippen molar-refractivity contribution in [2.45, 2.75) is 32.7 Å². The topological polar surface area (TPSA) is 81.2 Å². The van der Waals surface area contributed by atoms with Crippen LogP contribution in [0.5, 0.6) is 0 Å². The Kier molecular flexibility index (Phi) is 4.21. The smallest absolute Gasteiger partial charge is 0.265 e. The van der Waals surface area contributed by atoms with Crippen LogP contribution in [-0.4, -0.2) is 32.8 Å². The second-order valence-electron chi connectivity index (χ2n) is 5.85. The van der Waals surface area contributed by atoms with Crippen LogP contribution in [0.1, 0.15) is 38.7 Å². The van der Waals surface area contributed by atoms with Gasteiger partial charge in [0.25, 0.3) is 5.91 Å². The quantitative estimate of drug-likeness (QED) is 0.919. The number of primary amides is 1. The molecule has 0 radical (unpaired) electrons. The lowest BCUT2D eigenvalue weighted by molar-refractivity contribution is -0.132. The number of fused-ring (bicyclic) bond motifs is 1. The van der Waals surface area contributed by atoms with Crippen LogP contribution in [0.2, 0.25) is 0 Å². The number of amides is 2. The molecule has 0 atom stereocenters. The average molecular weight is 332 g/mol. The summed E-state index contributed by atoms with van der Waals surface area (Å²) in [6, 6.07) is 1.85. The third-order valence-electron chi connectivity index (χ3n) is 4.46. The SMILES string of the molecule is Cc1ncsc1CCC(=O)N1CCc2cc(C(N)=O)n(C)c2C1. The van der Waals surface area contributed by atoms with Crippen molar-refractivity contribution in [1.82, 2.24) is 14.5 Å². The van der Waals surface area contributed by atoms with Gasteiger partial charge in [-0.1, -0.05) is 0 Å². The Morgan fingerprint density at radius 1 is 1.43 bits per heavy atom. The van der Waals surface area contributed by atoms with Gasteiger partial charge in [0.1, 0.15) is 5.69 Å². The highest BCUT2D eigenvalue weighted by Crippen LogP contribution is 2.23. The van der Waals surface area contributed by atoms with Gasteiger partial charge in [-0.05, 0) is 31.4 Å². The van der Waals surface area contributed by atoms with E-state index in [2.05, 4.69) is 4.98 Å².